The minimum absolute atomic E-state index is 0.486. The summed E-state index contributed by atoms with van der Waals surface area (Å²) in [6.07, 6.45) is 3.92. The van der Waals surface area contributed by atoms with Gasteiger partial charge in [-0.15, -0.1) is 0 Å². The van der Waals surface area contributed by atoms with Crippen LogP contribution < -0.4 is 10.2 Å². The molecule has 28 heavy (non-hydrogen) atoms. The summed E-state index contributed by atoms with van der Waals surface area (Å²) in [7, 11) is 0. The Bertz CT molecular complexity index is 1010. The first-order valence-electron chi connectivity index (χ1n) is 9.82. The smallest absolute Gasteiger partial charge is 0.209 e. The molecule has 0 aliphatic carbocycles. The van der Waals surface area contributed by atoms with E-state index in [0.717, 1.165) is 54.2 Å². The highest BCUT2D eigenvalue weighted by molar-refractivity contribution is 5.72. The maximum atomic E-state index is 5.81. The Hall–Kier alpha value is -3.05. The molecule has 1 N–H and O–H groups in total. The van der Waals surface area contributed by atoms with E-state index >= 15 is 0 Å². The molecule has 2 aromatic carbocycles. The van der Waals surface area contributed by atoms with Gasteiger partial charge in [-0.2, -0.15) is 0 Å². The van der Waals surface area contributed by atoms with Gasteiger partial charge in [0.05, 0.1) is 12.8 Å². The summed E-state index contributed by atoms with van der Waals surface area (Å²) in [6.45, 7) is 2.74. The molecule has 4 aromatic rings. The normalized spacial score (nSPS) is 15.4. The van der Waals surface area contributed by atoms with E-state index in [2.05, 4.69) is 39.5 Å². The molecule has 5 rings (SSSR count). The molecule has 0 bridgehead atoms. The molecule has 0 spiro atoms. The van der Waals surface area contributed by atoms with Crippen molar-refractivity contribution in [1.29, 1.82) is 0 Å². The van der Waals surface area contributed by atoms with E-state index in [1.54, 1.807) is 6.26 Å². The van der Waals surface area contributed by atoms with Gasteiger partial charge in [-0.3, -0.25) is 0 Å². The number of piperidine rings is 1. The van der Waals surface area contributed by atoms with Gasteiger partial charge in [0.1, 0.15) is 11.3 Å². The zero-order chi connectivity index (χ0) is 18.8. The van der Waals surface area contributed by atoms with Crippen LogP contribution in [0, 0.1) is 0 Å². The number of aromatic nitrogens is 1. The third kappa shape index (κ3) is 3.53. The number of anilines is 1. The molecule has 1 fully saturated rings. The van der Waals surface area contributed by atoms with E-state index in [4.69, 9.17) is 8.83 Å². The van der Waals surface area contributed by atoms with E-state index in [9.17, 15) is 0 Å². The highest BCUT2D eigenvalue weighted by Gasteiger charge is 2.20. The fourth-order valence-electron chi connectivity index (χ4n) is 3.87. The van der Waals surface area contributed by atoms with Crippen LogP contribution in [0.15, 0.2) is 75.8 Å². The number of hydrogen-bond acceptors (Lipinski definition) is 5. The van der Waals surface area contributed by atoms with Crippen molar-refractivity contribution in [2.45, 2.75) is 25.4 Å². The summed E-state index contributed by atoms with van der Waals surface area (Å²) in [5, 5.41) is 3.61. The second kappa shape index (κ2) is 7.52. The lowest BCUT2D eigenvalue weighted by Gasteiger charge is -2.34. The molecule has 1 aliphatic heterocycles. The quantitative estimate of drug-likeness (QED) is 0.542. The Morgan fingerprint density at radius 1 is 1.00 bits per heavy atom. The molecular formula is C23H23N3O2. The number of nitrogens with zero attached hydrogens (tertiary/aromatic N) is 2. The number of oxazole rings is 1. The molecule has 1 aliphatic rings. The molecule has 3 heterocycles. The van der Waals surface area contributed by atoms with E-state index < -0.39 is 0 Å². The monoisotopic (exact) mass is 373 g/mol. The molecule has 5 heteroatoms. The molecule has 2 aromatic heterocycles. The van der Waals surface area contributed by atoms with Crippen LogP contribution in [0.4, 0.5) is 5.69 Å². The first kappa shape index (κ1) is 17.1. The Labute approximate surface area is 164 Å². The van der Waals surface area contributed by atoms with Gasteiger partial charge in [0, 0.05) is 30.4 Å². The molecule has 5 nitrogen and oxygen atoms in total. The average molecular weight is 373 g/mol. The topological polar surface area (TPSA) is 54.4 Å². The molecule has 0 atom stereocenters. The highest BCUT2D eigenvalue weighted by atomic mass is 16.3. The highest BCUT2D eigenvalue weighted by Crippen LogP contribution is 2.27. The van der Waals surface area contributed by atoms with Gasteiger partial charge in [0.15, 0.2) is 5.58 Å². The second-order valence-electron chi connectivity index (χ2n) is 7.25. The molecule has 142 valence electrons. The van der Waals surface area contributed by atoms with Crippen molar-refractivity contribution in [3.8, 4) is 11.3 Å². The zero-order valence-electron chi connectivity index (χ0n) is 15.7. The van der Waals surface area contributed by atoms with Crippen LogP contribution in [0.2, 0.25) is 0 Å². The van der Waals surface area contributed by atoms with Crippen LogP contribution in [-0.2, 0) is 6.54 Å². The summed E-state index contributed by atoms with van der Waals surface area (Å²) in [5.41, 5.74) is 4.15. The summed E-state index contributed by atoms with van der Waals surface area (Å²) in [5.74, 6) is 1.67. The van der Waals surface area contributed by atoms with Crippen molar-refractivity contribution in [2.75, 3.05) is 18.0 Å². The van der Waals surface area contributed by atoms with Gasteiger partial charge < -0.3 is 19.1 Å². The molecule has 0 amide bonds. The van der Waals surface area contributed by atoms with Crippen LogP contribution in [0.1, 0.15) is 18.7 Å². The first-order chi connectivity index (χ1) is 13.8. The van der Waals surface area contributed by atoms with Gasteiger partial charge in [-0.1, -0.05) is 24.3 Å². The van der Waals surface area contributed by atoms with Gasteiger partial charge in [-0.25, -0.2) is 4.98 Å². The first-order valence-corrected chi connectivity index (χ1v) is 9.82. The van der Waals surface area contributed by atoms with Crippen LogP contribution >= 0.6 is 0 Å². The number of nitrogens with one attached hydrogen (secondary N) is 1. The van der Waals surface area contributed by atoms with Gasteiger partial charge in [0.2, 0.25) is 5.89 Å². The molecule has 0 radical (unpaired) electrons. The number of rotatable bonds is 5. The predicted molar refractivity (Wildman–Crippen MR) is 110 cm³/mol. The lowest BCUT2D eigenvalue weighted by Crippen LogP contribution is -2.42. The summed E-state index contributed by atoms with van der Waals surface area (Å²) in [4.78, 5) is 6.99. The fourth-order valence-corrected chi connectivity index (χ4v) is 3.87. The lowest BCUT2D eigenvalue weighted by atomic mass is 10.0. The SMILES string of the molecule is c1cc(-c2ccco2)cc(N2CCC(NCc3nc4ccccc4o3)CC2)c1. The minimum Gasteiger partial charge on any atom is -0.464 e. The van der Waals surface area contributed by atoms with Crippen molar-refractivity contribution in [3.63, 3.8) is 0 Å². The standard InChI is InChI=1S/C23H23N3O2/c1-2-8-22-20(7-1)25-23(28-22)16-24-18-10-12-26(13-11-18)19-6-3-5-17(15-19)21-9-4-14-27-21/h1-9,14-15,18,24H,10-13,16H2. The largest absolute Gasteiger partial charge is 0.464 e. The summed E-state index contributed by atoms with van der Waals surface area (Å²) >= 11 is 0. The second-order valence-corrected chi connectivity index (χ2v) is 7.25. The Morgan fingerprint density at radius 3 is 2.71 bits per heavy atom. The molecular weight excluding hydrogens is 350 g/mol. The minimum atomic E-state index is 0.486. The van der Waals surface area contributed by atoms with Crippen molar-refractivity contribution >= 4 is 16.8 Å². The maximum absolute atomic E-state index is 5.81. The Kier molecular flexibility index (Phi) is 4.59. The van der Waals surface area contributed by atoms with Crippen LogP contribution in [0.25, 0.3) is 22.4 Å². The average Bonchev–Trinajstić information content (AvgIpc) is 3.42. The van der Waals surface area contributed by atoms with Crippen LogP contribution in [0.5, 0.6) is 0 Å². The zero-order valence-corrected chi connectivity index (χ0v) is 15.7. The third-order valence-electron chi connectivity index (χ3n) is 5.39. The number of para-hydroxylation sites is 2. The Morgan fingerprint density at radius 2 is 1.89 bits per heavy atom. The number of benzene rings is 2. The van der Waals surface area contributed by atoms with E-state index in [1.165, 1.54) is 5.69 Å². The lowest BCUT2D eigenvalue weighted by molar-refractivity contribution is 0.388. The number of furan rings is 1. The van der Waals surface area contributed by atoms with Crippen LogP contribution in [-0.4, -0.2) is 24.1 Å². The number of hydrogen-bond donors (Lipinski definition) is 1. The van der Waals surface area contributed by atoms with Gasteiger partial charge >= 0.3 is 0 Å². The predicted octanol–water partition coefficient (Wildman–Crippen LogP) is 4.85. The fraction of sp³-hybridized carbons (Fsp3) is 0.261. The van der Waals surface area contributed by atoms with Crippen LogP contribution in [0.3, 0.4) is 0 Å². The van der Waals surface area contributed by atoms with Crippen molar-refractivity contribution in [2.24, 2.45) is 0 Å². The third-order valence-corrected chi connectivity index (χ3v) is 5.39. The molecule has 0 unspecified atom stereocenters. The van der Waals surface area contributed by atoms with Crippen molar-refractivity contribution in [3.05, 3.63) is 72.8 Å². The molecule has 1 saturated heterocycles. The van der Waals surface area contributed by atoms with E-state index in [1.807, 2.05) is 36.4 Å². The van der Waals surface area contributed by atoms with Crippen molar-refractivity contribution < 1.29 is 8.83 Å². The number of fused-ring (bicyclic) bond motifs is 1. The van der Waals surface area contributed by atoms with Gasteiger partial charge in [0.25, 0.3) is 0 Å². The summed E-state index contributed by atoms with van der Waals surface area (Å²) < 4.78 is 11.3. The van der Waals surface area contributed by atoms with E-state index in [-0.39, 0.29) is 0 Å². The van der Waals surface area contributed by atoms with Crippen molar-refractivity contribution in [1.82, 2.24) is 10.3 Å². The maximum Gasteiger partial charge on any atom is 0.209 e. The van der Waals surface area contributed by atoms with E-state index in [0.29, 0.717) is 12.6 Å². The summed E-state index contributed by atoms with van der Waals surface area (Å²) in [6, 6.07) is 20.9. The Balaban J connectivity index is 1.18. The van der Waals surface area contributed by atoms with Gasteiger partial charge in [-0.05, 0) is 49.2 Å². The molecule has 0 saturated carbocycles.